The van der Waals surface area contributed by atoms with Crippen LogP contribution < -0.4 is 0 Å². The molecule has 1 aliphatic heterocycles. The topological polar surface area (TPSA) is 18.5 Å². The van der Waals surface area contributed by atoms with Crippen molar-refractivity contribution >= 4 is 9.28 Å². The van der Waals surface area contributed by atoms with E-state index in [2.05, 4.69) is 20.8 Å². The van der Waals surface area contributed by atoms with Crippen molar-refractivity contribution in [3.8, 4) is 0 Å². The van der Waals surface area contributed by atoms with Crippen LogP contribution in [-0.4, -0.2) is 21.5 Å². The van der Waals surface area contributed by atoms with Gasteiger partial charge in [0, 0.05) is 6.61 Å². The second-order valence-corrected chi connectivity index (χ2v) is 6.03. The molecular weight excluding hydrogens is 168 g/mol. The summed E-state index contributed by atoms with van der Waals surface area (Å²) in [4.78, 5) is 0. The van der Waals surface area contributed by atoms with Gasteiger partial charge in [0.15, 0.2) is 0 Å². The molecule has 0 radical (unpaired) electrons. The molecule has 1 saturated heterocycles. The summed E-state index contributed by atoms with van der Waals surface area (Å²) in [6, 6.07) is 1.20. The fraction of sp³-hybridized carbons (Fsp3) is 1.00. The third-order valence-electron chi connectivity index (χ3n) is 2.44. The Morgan fingerprint density at radius 2 is 2.17 bits per heavy atom. The highest BCUT2D eigenvalue weighted by molar-refractivity contribution is 6.44. The molecule has 1 atom stereocenters. The molecule has 1 fully saturated rings. The largest absolute Gasteiger partial charge is 0.397 e. The summed E-state index contributed by atoms with van der Waals surface area (Å²) in [5.74, 6) is 0. The van der Waals surface area contributed by atoms with E-state index in [-0.39, 0.29) is 5.60 Å². The summed E-state index contributed by atoms with van der Waals surface area (Å²) in [5.41, 5.74) is 0.0359. The van der Waals surface area contributed by atoms with Gasteiger partial charge in [0.25, 0.3) is 0 Å². The van der Waals surface area contributed by atoms with E-state index in [0.717, 1.165) is 13.0 Å². The zero-order valence-electron chi connectivity index (χ0n) is 8.43. The highest BCUT2D eigenvalue weighted by atomic mass is 28.3. The van der Waals surface area contributed by atoms with Crippen LogP contribution in [0.3, 0.4) is 0 Å². The lowest BCUT2D eigenvalue weighted by Gasteiger charge is -2.31. The van der Waals surface area contributed by atoms with Gasteiger partial charge in [0.2, 0.25) is 0 Å². The minimum Gasteiger partial charge on any atom is -0.397 e. The van der Waals surface area contributed by atoms with Gasteiger partial charge in [-0.25, -0.2) is 0 Å². The first-order chi connectivity index (χ1) is 5.64. The van der Waals surface area contributed by atoms with Crippen LogP contribution in [-0.2, 0) is 8.85 Å². The molecule has 0 spiro atoms. The Hall–Kier alpha value is 0.137. The fourth-order valence-corrected chi connectivity index (χ4v) is 3.53. The average Bonchev–Trinajstić information content (AvgIpc) is 2.06. The lowest BCUT2D eigenvalue weighted by molar-refractivity contribution is 0.0562. The van der Waals surface area contributed by atoms with E-state index in [1.54, 1.807) is 0 Å². The van der Waals surface area contributed by atoms with Gasteiger partial charge in [0.05, 0.1) is 5.60 Å². The second kappa shape index (κ2) is 4.39. The molecule has 12 heavy (non-hydrogen) atoms. The highest BCUT2D eigenvalue weighted by Gasteiger charge is 2.25. The van der Waals surface area contributed by atoms with E-state index in [1.807, 2.05) is 0 Å². The minimum absolute atomic E-state index is 0.0359. The maximum Gasteiger partial charge on any atom is 0.321 e. The third-order valence-corrected chi connectivity index (χ3v) is 4.83. The maximum absolute atomic E-state index is 5.94. The first kappa shape index (κ1) is 10.2. The Morgan fingerprint density at radius 3 is 2.67 bits per heavy atom. The molecule has 0 aromatic carbocycles. The summed E-state index contributed by atoms with van der Waals surface area (Å²) >= 11 is 0. The van der Waals surface area contributed by atoms with E-state index < -0.39 is 9.28 Å². The fourth-order valence-electron chi connectivity index (χ4n) is 1.24. The molecule has 2 nitrogen and oxygen atoms in total. The van der Waals surface area contributed by atoms with Crippen LogP contribution in [0.1, 0.15) is 40.0 Å². The monoisotopic (exact) mass is 188 g/mol. The molecule has 0 bridgehead atoms. The molecule has 3 heteroatoms. The molecule has 1 heterocycles. The maximum atomic E-state index is 5.94. The molecule has 0 saturated carbocycles. The Labute approximate surface area is 77.1 Å². The van der Waals surface area contributed by atoms with Crippen LogP contribution in [0.4, 0.5) is 0 Å². The summed E-state index contributed by atoms with van der Waals surface area (Å²) in [6.07, 6.45) is 3.59. The third kappa shape index (κ3) is 3.25. The molecule has 1 unspecified atom stereocenters. The lowest BCUT2D eigenvalue weighted by atomic mass is 10.1. The van der Waals surface area contributed by atoms with Gasteiger partial charge in [0.1, 0.15) is 0 Å². The molecular formula is C9H20O2Si. The van der Waals surface area contributed by atoms with Gasteiger partial charge in [-0.2, -0.15) is 0 Å². The minimum atomic E-state index is -1.27. The molecule has 0 aromatic rings. The molecule has 1 aliphatic rings. The van der Waals surface area contributed by atoms with Crippen molar-refractivity contribution in [3.05, 3.63) is 0 Å². The van der Waals surface area contributed by atoms with E-state index in [0.29, 0.717) is 0 Å². The van der Waals surface area contributed by atoms with E-state index in [9.17, 15) is 0 Å². The van der Waals surface area contributed by atoms with Gasteiger partial charge in [-0.3, -0.25) is 0 Å². The van der Waals surface area contributed by atoms with Crippen LogP contribution in [0.5, 0.6) is 0 Å². The van der Waals surface area contributed by atoms with E-state index in [4.69, 9.17) is 8.85 Å². The molecule has 0 N–H and O–H groups in total. The average molecular weight is 188 g/mol. The smallest absolute Gasteiger partial charge is 0.321 e. The van der Waals surface area contributed by atoms with Crippen LogP contribution >= 0.6 is 0 Å². The van der Waals surface area contributed by atoms with Gasteiger partial charge in [-0.1, -0.05) is 6.92 Å². The summed E-state index contributed by atoms with van der Waals surface area (Å²) in [6.45, 7) is 7.39. The van der Waals surface area contributed by atoms with Crippen LogP contribution in [0, 0.1) is 0 Å². The Bertz CT molecular complexity index is 130. The number of rotatable bonds is 3. The zero-order chi connectivity index (χ0) is 9.03. The molecule has 0 amide bonds. The van der Waals surface area contributed by atoms with Crippen LogP contribution in [0.15, 0.2) is 0 Å². The summed E-state index contributed by atoms with van der Waals surface area (Å²) in [7, 11) is -1.27. The predicted molar refractivity (Wildman–Crippen MR) is 52.6 cm³/mol. The Kier molecular flexibility index (Phi) is 3.74. The van der Waals surface area contributed by atoms with Crippen molar-refractivity contribution in [2.45, 2.75) is 51.7 Å². The quantitative estimate of drug-likeness (QED) is 0.632. The van der Waals surface area contributed by atoms with Crippen molar-refractivity contribution in [1.82, 2.24) is 0 Å². The molecule has 72 valence electrons. The van der Waals surface area contributed by atoms with E-state index in [1.165, 1.54) is 18.9 Å². The van der Waals surface area contributed by atoms with Crippen molar-refractivity contribution in [1.29, 1.82) is 0 Å². The summed E-state index contributed by atoms with van der Waals surface area (Å²) < 4.78 is 11.6. The Balaban J connectivity index is 2.28. The molecule has 1 rings (SSSR count). The lowest BCUT2D eigenvalue weighted by Crippen LogP contribution is -2.36. The predicted octanol–water partition coefficient (Wildman–Crippen LogP) is 2.22. The molecule has 0 aliphatic carbocycles. The van der Waals surface area contributed by atoms with Crippen molar-refractivity contribution in [2.75, 3.05) is 6.61 Å². The van der Waals surface area contributed by atoms with Gasteiger partial charge in [-0.15, -0.1) is 0 Å². The highest BCUT2D eigenvalue weighted by Crippen LogP contribution is 2.20. The van der Waals surface area contributed by atoms with Crippen molar-refractivity contribution in [3.63, 3.8) is 0 Å². The second-order valence-electron chi connectivity index (χ2n) is 4.03. The van der Waals surface area contributed by atoms with Crippen LogP contribution in [0.2, 0.25) is 6.04 Å². The van der Waals surface area contributed by atoms with Crippen molar-refractivity contribution in [2.24, 2.45) is 0 Å². The van der Waals surface area contributed by atoms with Gasteiger partial charge in [-0.05, 0) is 39.2 Å². The van der Waals surface area contributed by atoms with Crippen LogP contribution in [0.25, 0.3) is 0 Å². The Morgan fingerprint density at radius 1 is 1.42 bits per heavy atom. The van der Waals surface area contributed by atoms with E-state index >= 15 is 0 Å². The van der Waals surface area contributed by atoms with Crippen molar-refractivity contribution < 1.29 is 8.85 Å². The van der Waals surface area contributed by atoms with Gasteiger partial charge < -0.3 is 8.85 Å². The SMILES string of the molecule is CCC(C)(C)O[SiH]1CCCCO1. The summed E-state index contributed by atoms with van der Waals surface area (Å²) in [5, 5.41) is 0. The zero-order valence-corrected chi connectivity index (χ0v) is 9.58. The normalized spacial score (nSPS) is 25.8. The van der Waals surface area contributed by atoms with Gasteiger partial charge >= 0.3 is 9.28 Å². The first-order valence-corrected chi connectivity index (χ1v) is 6.69. The molecule has 0 aromatic heterocycles. The number of hydrogen-bond donors (Lipinski definition) is 0. The first-order valence-electron chi connectivity index (χ1n) is 4.93. The standard InChI is InChI=1S/C9H20O2Si/c1-4-9(2,3)11-12-8-6-5-7-10-12/h12H,4-8H2,1-3H3. The number of hydrogen-bond acceptors (Lipinski definition) is 2.